The molecule has 4 heteroatoms. The Morgan fingerprint density at radius 1 is 1.33 bits per heavy atom. The summed E-state index contributed by atoms with van der Waals surface area (Å²) in [5.74, 6) is 0. The van der Waals surface area contributed by atoms with Crippen LogP contribution in [0.3, 0.4) is 0 Å². The molecule has 1 saturated heterocycles. The predicted molar refractivity (Wildman–Crippen MR) is 54.9 cm³/mol. The predicted octanol–water partition coefficient (Wildman–Crippen LogP) is 1.95. The normalized spacial score (nSPS) is 29.3. The van der Waals surface area contributed by atoms with Gasteiger partial charge >= 0.3 is 0 Å². The molecule has 4 nitrogen and oxygen atoms in total. The molecule has 1 aromatic rings. The van der Waals surface area contributed by atoms with Gasteiger partial charge in [-0.1, -0.05) is 35.5 Å². The zero-order valence-electron chi connectivity index (χ0n) is 8.46. The second-order valence-electron chi connectivity index (χ2n) is 3.42. The molecule has 0 spiro atoms. The molecule has 0 amide bonds. The van der Waals surface area contributed by atoms with Gasteiger partial charge in [0.25, 0.3) is 0 Å². The van der Waals surface area contributed by atoms with Crippen molar-refractivity contribution in [3.8, 4) is 0 Å². The highest BCUT2D eigenvalue weighted by atomic mass is 16.7. The summed E-state index contributed by atoms with van der Waals surface area (Å²) in [4.78, 5) is 0. The summed E-state index contributed by atoms with van der Waals surface area (Å²) in [6.45, 7) is 2.14. The Hall–Kier alpha value is -1.39. The van der Waals surface area contributed by atoms with Gasteiger partial charge in [0.2, 0.25) is 0 Å². The molecule has 0 bridgehead atoms. The van der Waals surface area contributed by atoms with Gasteiger partial charge < -0.3 is 14.7 Å². The Balaban J connectivity index is 2.09. The van der Waals surface area contributed by atoms with Gasteiger partial charge in [-0.25, -0.2) is 0 Å². The van der Waals surface area contributed by atoms with Crippen molar-refractivity contribution < 1.29 is 14.7 Å². The Morgan fingerprint density at radius 2 is 2.07 bits per heavy atom. The molecule has 1 heterocycles. The van der Waals surface area contributed by atoms with E-state index in [1.807, 2.05) is 37.3 Å². The fourth-order valence-corrected chi connectivity index (χ4v) is 1.48. The zero-order valence-corrected chi connectivity index (χ0v) is 8.46. The molecule has 80 valence electrons. The molecule has 15 heavy (non-hydrogen) atoms. The molecule has 1 N–H and O–H groups in total. The average Bonchev–Trinajstić information content (AvgIpc) is 2.30. The largest absolute Gasteiger partial charge is 0.411 e. The Morgan fingerprint density at radius 3 is 2.67 bits per heavy atom. The van der Waals surface area contributed by atoms with Crippen LogP contribution in [0.5, 0.6) is 0 Å². The summed E-state index contributed by atoms with van der Waals surface area (Å²) in [5.41, 5.74) is 1.49. The van der Waals surface area contributed by atoms with Crippen molar-refractivity contribution in [1.29, 1.82) is 0 Å². The van der Waals surface area contributed by atoms with E-state index >= 15 is 0 Å². The van der Waals surface area contributed by atoms with Crippen molar-refractivity contribution in [3.63, 3.8) is 0 Å². The van der Waals surface area contributed by atoms with E-state index in [0.29, 0.717) is 12.3 Å². The average molecular weight is 207 g/mol. The van der Waals surface area contributed by atoms with Crippen LogP contribution in [0, 0.1) is 0 Å². The molecule has 0 aromatic heterocycles. The highest BCUT2D eigenvalue weighted by Crippen LogP contribution is 2.24. The standard InChI is InChI=1S/C11H13NO3/c1-8-10(12-13)7-14-11(15-8)9-5-3-2-4-6-9/h2-6,8,11,13H,7H2,1H3/b12-10+/t8-,11+/m1/s1. The second-order valence-corrected chi connectivity index (χ2v) is 3.42. The van der Waals surface area contributed by atoms with Gasteiger partial charge in [-0.05, 0) is 6.92 Å². The summed E-state index contributed by atoms with van der Waals surface area (Å²) in [6, 6.07) is 9.69. The Kier molecular flexibility index (Phi) is 2.99. The first-order chi connectivity index (χ1) is 7.31. The lowest BCUT2D eigenvalue weighted by Gasteiger charge is -2.28. The summed E-state index contributed by atoms with van der Waals surface area (Å²) in [7, 11) is 0. The molecule has 0 unspecified atom stereocenters. The summed E-state index contributed by atoms with van der Waals surface area (Å²) in [5, 5.41) is 11.8. The van der Waals surface area contributed by atoms with E-state index in [0.717, 1.165) is 5.56 Å². The number of hydrogen-bond donors (Lipinski definition) is 1. The van der Waals surface area contributed by atoms with Crippen LogP contribution >= 0.6 is 0 Å². The lowest BCUT2D eigenvalue weighted by molar-refractivity contribution is -0.168. The smallest absolute Gasteiger partial charge is 0.185 e. The van der Waals surface area contributed by atoms with E-state index in [1.54, 1.807) is 0 Å². The van der Waals surface area contributed by atoms with Crippen molar-refractivity contribution in [2.24, 2.45) is 5.16 Å². The van der Waals surface area contributed by atoms with Gasteiger partial charge in [0.1, 0.15) is 11.8 Å². The molecule has 0 saturated carbocycles. The molecular formula is C11H13NO3. The maximum atomic E-state index is 8.65. The minimum Gasteiger partial charge on any atom is -0.411 e. The molecule has 1 fully saturated rings. The number of benzene rings is 1. The number of nitrogens with zero attached hydrogens (tertiary/aromatic N) is 1. The van der Waals surface area contributed by atoms with E-state index in [9.17, 15) is 0 Å². The lowest BCUT2D eigenvalue weighted by Crippen LogP contribution is -2.34. The molecule has 0 aliphatic carbocycles. The molecule has 1 aliphatic heterocycles. The van der Waals surface area contributed by atoms with Crippen LogP contribution in [0.4, 0.5) is 0 Å². The van der Waals surface area contributed by atoms with Crippen LogP contribution in [0.25, 0.3) is 0 Å². The van der Waals surface area contributed by atoms with Gasteiger partial charge in [0.05, 0.1) is 6.61 Å². The first-order valence-electron chi connectivity index (χ1n) is 4.84. The first kappa shape index (κ1) is 10.1. The highest BCUT2D eigenvalue weighted by molar-refractivity contribution is 5.89. The molecule has 2 atom stereocenters. The van der Waals surface area contributed by atoms with E-state index in [2.05, 4.69) is 5.16 Å². The number of hydrogen-bond acceptors (Lipinski definition) is 4. The molecule has 1 aliphatic rings. The third-order valence-electron chi connectivity index (χ3n) is 2.38. The maximum absolute atomic E-state index is 8.65. The van der Waals surface area contributed by atoms with Crippen molar-refractivity contribution >= 4 is 5.71 Å². The van der Waals surface area contributed by atoms with Crippen molar-refractivity contribution in [2.75, 3.05) is 6.61 Å². The molecule has 2 rings (SSSR count). The second kappa shape index (κ2) is 4.42. The van der Waals surface area contributed by atoms with Gasteiger partial charge in [0.15, 0.2) is 6.29 Å². The molecule has 0 radical (unpaired) electrons. The Bertz CT molecular complexity index is 350. The van der Waals surface area contributed by atoms with Crippen LogP contribution in [-0.2, 0) is 9.47 Å². The third-order valence-corrected chi connectivity index (χ3v) is 2.38. The van der Waals surface area contributed by atoms with Gasteiger partial charge in [0, 0.05) is 5.56 Å². The van der Waals surface area contributed by atoms with Crippen molar-refractivity contribution in [3.05, 3.63) is 35.9 Å². The quantitative estimate of drug-likeness (QED) is 0.565. The van der Waals surface area contributed by atoms with E-state index < -0.39 is 0 Å². The topological polar surface area (TPSA) is 51.0 Å². The van der Waals surface area contributed by atoms with Crippen LogP contribution in [-0.4, -0.2) is 23.6 Å². The minimum absolute atomic E-state index is 0.214. The zero-order chi connectivity index (χ0) is 10.7. The number of rotatable bonds is 1. The number of oxime groups is 1. The van der Waals surface area contributed by atoms with Gasteiger partial charge in [-0.15, -0.1) is 0 Å². The van der Waals surface area contributed by atoms with Crippen LogP contribution in [0.2, 0.25) is 0 Å². The third kappa shape index (κ3) is 2.16. The maximum Gasteiger partial charge on any atom is 0.185 e. The van der Waals surface area contributed by atoms with Gasteiger partial charge in [-0.2, -0.15) is 0 Å². The van der Waals surface area contributed by atoms with Crippen molar-refractivity contribution in [2.45, 2.75) is 19.3 Å². The Labute approximate surface area is 88.1 Å². The minimum atomic E-state index is -0.369. The monoisotopic (exact) mass is 207 g/mol. The van der Waals surface area contributed by atoms with Crippen LogP contribution in [0.1, 0.15) is 18.8 Å². The van der Waals surface area contributed by atoms with E-state index in [4.69, 9.17) is 14.7 Å². The SMILES string of the molecule is C[C@H]1O[C@@H](c2ccccc2)OC/C1=N\O. The van der Waals surface area contributed by atoms with E-state index in [1.165, 1.54) is 0 Å². The van der Waals surface area contributed by atoms with Crippen molar-refractivity contribution in [1.82, 2.24) is 0 Å². The molecule has 1 aromatic carbocycles. The summed E-state index contributed by atoms with van der Waals surface area (Å²) in [6.07, 6.45) is -0.583. The number of ether oxygens (including phenoxy) is 2. The molecular weight excluding hydrogens is 194 g/mol. The summed E-state index contributed by atoms with van der Waals surface area (Å²) >= 11 is 0. The van der Waals surface area contributed by atoms with Crippen LogP contribution in [0.15, 0.2) is 35.5 Å². The highest BCUT2D eigenvalue weighted by Gasteiger charge is 2.26. The fraction of sp³-hybridized carbons (Fsp3) is 0.364. The lowest BCUT2D eigenvalue weighted by atomic mass is 10.2. The van der Waals surface area contributed by atoms with Gasteiger partial charge in [-0.3, -0.25) is 0 Å². The van der Waals surface area contributed by atoms with E-state index in [-0.39, 0.29) is 12.4 Å². The fourth-order valence-electron chi connectivity index (χ4n) is 1.48. The first-order valence-corrected chi connectivity index (χ1v) is 4.84. The summed E-state index contributed by atoms with van der Waals surface area (Å²) < 4.78 is 11.0. The van der Waals surface area contributed by atoms with Crippen LogP contribution < -0.4 is 0 Å².